The SMILES string of the molecule is CC(C)(C)c1ccc(/C=N\NC(=O)c2cccn(Cc3ccccc3Cl)c2=O)cc1. The zero-order valence-corrected chi connectivity index (χ0v) is 18.0. The van der Waals surface area contributed by atoms with Crippen molar-refractivity contribution in [3.8, 4) is 0 Å². The number of pyridine rings is 1. The molecule has 1 N–H and O–H groups in total. The number of amides is 1. The van der Waals surface area contributed by atoms with E-state index < -0.39 is 11.5 Å². The van der Waals surface area contributed by atoms with Gasteiger partial charge in [-0.15, -0.1) is 0 Å². The van der Waals surface area contributed by atoms with Gasteiger partial charge in [0.05, 0.1) is 12.8 Å². The zero-order chi connectivity index (χ0) is 21.7. The van der Waals surface area contributed by atoms with Crippen LogP contribution in [0, 0.1) is 0 Å². The molecule has 3 aromatic rings. The van der Waals surface area contributed by atoms with E-state index in [1.807, 2.05) is 42.5 Å². The molecule has 0 unspecified atom stereocenters. The van der Waals surface area contributed by atoms with Gasteiger partial charge in [0.15, 0.2) is 0 Å². The Kier molecular flexibility index (Phi) is 6.53. The van der Waals surface area contributed by atoms with Crippen molar-refractivity contribution in [2.24, 2.45) is 5.10 Å². The molecular weight excluding hydrogens is 398 g/mol. The molecule has 0 radical (unpaired) electrons. The number of halogens is 1. The molecule has 0 bridgehead atoms. The number of aromatic nitrogens is 1. The van der Waals surface area contributed by atoms with Gasteiger partial charge in [0.2, 0.25) is 0 Å². The fraction of sp³-hybridized carbons (Fsp3) is 0.208. The Morgan fingerprint density at radius 1 is 1.07 bits per heavy atom. The van der Waals surface area contributed by atoms with Crippen LogP contribution in [-0.2, 0) is 12.0 Å². The van der Waals surface area contributed by atoms with Crippen molar-refractivity contribution in [1.82, 2.24) is 9.99 Å². The zero-order valence-electron chi connectivity index (χ0n) is 17.2. The smallest absolute Gasteiger partial charge is 0.276 e. The monoisotopic (exact) mass is 421 g/mol. The first-order valence-electron chi connectivity index (χ1n) is 9.62. The van der Waals surface area contributed by atoms with Crippen molar-refractivity contribution in [3.63, 3.8) is 0 Å². The summed E-state index contributed by atoms with van der Waals surface area (Å²) in [6, 6.07) is 18.4. The minimum atomic E-state index is -0.559. The van der Waals surface area contributed by atoms with Crippen LogP contribution in [-0.4, -0.2) is 16.7 Å². The first kappa shape index (κ1) is 21.5. The maximum absolute atomic E-state index is 12.7. The first-order chi connectivity index (χ1) is 14.3. The van der Waals surface area contributed by atoms with Crippen LogP contribution < -0.4 is 11.0 Å². The summed E-state index contributed by atoms with van der Waals surface area (Å²) >= 11 is 6.18. The average Bonchev–Trinajstić information content (AvgIpc) is 2.71. The molecule has 0 aliphatic heterocycles. The summed E-state index contributed by atoms with van der Waals surface area (Å²) in [6.07, 6.45) is 3.18. The van der Waals surface area contributed by atoms with Gasteiger partial charge in [0, 0.05) is 11.2 Å². The highest BCUT2D eigenvalue weighted by Crippen LogP contribution is 2.21. The van der Waals surface area contributed by atoms with Crippen LogP contribution >= 0.6 is 11.6 Å². The molecule has 154 valence electrons. The van der Waals surface area contributed by atoms with Crippen LogP contribution in [0.25, 0.3) is 0 Å². The molecule has 2 aromatic carbocycles. The Labute approximate surface area is 181 Å². The fourth-order valence-electron chi connectivity index (χ4n) is 2.94. The topological polar surface area (TPSA) is 63.5 Å². The minimum absolute atomic E-state index is 0.0183. The Morgan fingerprint density at radius 2 is 1.77 bits per heavy atom. The van der Waals surface area contributed by atoms with Crippen molar-refractivity contribution >= 4 is 23.7 Å². The molecule has 1 heterocycles. The van der Waals surface area contributed by atoms with Crippen LogP contribution in [0.2, 0.25) is 5.02 Å². The molecule has 6 heteroatoms. The van der Waals surface area contributed by atoms with Crippen molar-refractivity contribution in [3.05, 3.63) is 104 Å². The van der Waals surface area contributed by atoms with E-state index in [1.54, 1.807) is 24.5 Å². The predicted molar refractivity (Wildman–Crippen MR) is 121 cm³/mol. The molecule has 0 fully saturated rings. The Bertz CT molecular complexity index is 1130. The lowest BCUT2D eigenvalue weighted by Gasteiger charge is -2.18. The second-order valence-corrected chi connectivity index (χ2v) is 8.42. The highest BCUT2D eigenvalue weighted by molar-refractivity contribution is 6.31. The van der Waals surface area contributed by atoms with Crippen molar-refractivity contribution < 1.29 is 4.79 Å². The molecule has 0 aliphatic rings. The van der Waals surface area contributed by atoms with Gasteiger partial charge in [-0.1, -0.05) is 74.8 Å². The van der Waals surface area contributed by atoms with Crippen LogP contribution in [0.15, 0.2) is 76.8 Å². The summed E-state index contributed by atoms with van der Waals surface area (Å²) in [7, 11) is 0. The van der Waals surface area contributed by atoms with Crippen LogP contribution in [0.5, 0.6) is 0 Å². The number of nitrogens with one attached hydrogen (secondary N) is 1. The fourth-order valence-corrected chi connectivity index (χ4v) is 3.13. The molecule has 1 amide bonds. The number of hydrazone groups is 1. The molecule has 0 atom stereocenters. The molecular formula is C24H24ClN3O2. The first-order valence-corrected chi connectivity index (χ1v) is 10.0. The highest BCUT2D eigenvalue weighted by Gasteiger charge is 2.13. The third-order valence-corrected chi connectivity index (χ3v) is 5.09. The molecule has 5 nitrogen and oxygen atoms in total. The standard InChI is InChI=1S/C24H24ClN3O2/c1-24(2,3)19-12-10-17(11-13-19)15-26-27-22(29)20-8-6-14-28(23(20)30)16-18-7-4-5-9-21(18)25/h4-15H,16H2,1-3H3,(H,27,29)/b26-15-. The quantitative estimate of drug-likeness (QED) is 0.483. The second-order valence-electron chi connectivity index (χ2n) is 8.02. The van der Waals surface area contributed by atoms with Crippen molar-refractivity contribution in [1.29, 1.82) is 0 Å². The maximum Gasteiger partial charge on any atom is 0.276 e. The summed E-state index contributed by atoms with van der Waals surface area (Å²) in [4.78, 5) is 25.1. The largest absolute Gasteiger partial charge is 0.310 e. The van der Waals surface area contributed by atoms with E-state index in [4.69, 9.17) is 11.6 Å². The van der Waals surface area contributed by atoms with E-state index in [0.717, 1.165) is 11.1 Å². The van der Waals surface area contributed by atoms with Gasteiger partial charge in [0.1, 0.15) is 5.56 Å². The summed E-state index contributed by atoms with van der Waals surface area (Å²) in [5, 5.41) is 4.56. The maximum atomic E-state index is 12.7. The van der Waals surface area contributed by atoms with Gasteiger partial charge in [-0.05, 0) is 40.3 Å². The lowest BCUT2D eigenvalue weighted by Crippen LogP contribution is -2.31. The molecule has 0 spiro atoms. The lowest BCUT2D eigenvalue weighted by atomic mass is 9.87. The molecule has 1 aromatic heterocycles. The van der Waals surface area contributed by atoms with Gasteiger partial charge in [-0.25, -0.2) is 5.43 Å². The van der Waals surface area contributed by atoms with E-state index in [-0.39, 0.29) is 17.5 Å². The van der Waals surface area contributed by atoms with E-state index in [0.29, 0.717) is 5.02 Å². The van der Waals surface area contributed by atoms with Crippen molar-refractivity contribution in [2.75, 3.05) is 0 Å². The van der Waals surface area contributed by atoms with Crippen LogP contribution in [0.4, 0.5) is 0 Å². The highest BCUT2D eigenvalue weighted by atomic mass is 35.5. The molecule has 3 rings (SSSR count). The Hall–Kier alpha value is -3.18. The minimum Gasteiger partial charge on any atom is -0.310 e. The number of hydrogen-bond donors (Lipinski definition) is 1. The normalized spacial score (nSPS) is 11.6. The molecule has 0 saturated carbocycles. The predicted octanol–water partition coefficient (Wildman–Crippen LogP) is 4.61. The number of benzene rings is 2. The third kappa shape index (κ3) is 5.24. The summed E-state index contributed by atoms with van der Waals surface area (Å²) in [6.45, 7) is 6.72. The molecule has 30 heavy (non-hydrogen) atoms. The van der Waals surface area contributed by atoms with Gasteiger partial charge in [-0.3, -0.25) is 9.59 Å². The Balaban J connectivity index is 1.71. The number of nitrogens with zero attached hydrogens (tertiary/aromatic N) is 2. The van der Waals surface area contributed by atoms with Gasteiger partial charge in [-0.2, -0.15) is 5.10 Å². The van der Waals surface area contributed by atoms with Gasteiger partial charge >= 0.3 is 0 Å². The van der Waals surface area contributed by atoms with Crippen LogP contribution in [0.1, 0.15) is 47.8 Å². The lowest BCUT2D eigenvalue weighted by molar-refractivity contribution is 0.0953. The van der Waals surface area contributed by atoms with Crippen LogP contribution in [0.3, 0.4) is 0 Å². The average molecular weight is 422 g/mol. The number of carbonyl (C=O) groups is 1. The van der Waals surface area contributed by atoms with Gasteiger partial charge < -0.3 is 4.57 Å². The van der Waals surface area contributed by atoms with E-state index >= 15 is 0 Å². The summed E-state index contributed by atoms with van der Waals surface area (Å²) in [5.74, 6) is -0.559. The van der Waals surface area contributed by atoms with E-state index in [9.17, 15) is 9.59 Å². The molecule has 0 saturated heterocycles. The second kappa shape index (κ2) is 9.09. The number of hydrogen-bond acceptors (Lipinski definition) is 3. The number of rotatable bonds is 5. The Morgan fingerprint density at radius 3 is 2.43 bits per heavy atom. The summed E-state index contributed by atoms with van der Waals surface area (Å²) in [5.41, 5.74) is 4.98. The van der Waals surface area contributed by atoms with E-state index in [2.05, 4.69) is 31.3 Å². The number of carbonyl (C=O) groups excluding carboxylic acids is 1. The van der Waals surface area contributed by atoms with E-state index in [1.165, 1.54) is 16.2 Å². The van der Waals surface area contributed by atoms with Crippen molar-refractivity contribution in [2.45, 2.75) is 32.7 Å². The summed E-state index contributed by atoms with van der Waals surface area (Å²) < 4.78 is 1.45. The third-order valence-electron chi connectivity index (χ3n) is 4.72. The van der Waals surface area contributed by atoms with Gasteiger partial charge in [0.25, 0.3) is 11.5 Å². The molecule has 0 aliphatic carbocycles.